The van der Waals surface area contributed by atoms with Crippen molar-refractivity contribution in [1.29, 1.82) is 0 Å². The van der Waals surface area contributed by atoms with Crippen LogP contribution in [0.5, 0.6) is 0 Å². The van der Waals surface area contributed by atoms with E-state index in [0.29, 0.717) is 6.42 Å². The number of aryl methyl sites for hydroxylation is 1. The fraction of sp³-hybridized carbons (Fsp3) is 0.550. The molecule has 1 fully saturated rings. The van der Waals surface area contributed by atoms with Gasteiger partial charge in [0.05, 0.1) is 6.04 Å². The van der Waals surface area contributed by atoms with Gasteiger partial charge in [-0.05, 0) is 31.9 Å². The number of carbonyl (C=O) groups is 1. The van der Waals surface area contributed by atoms with E-state index in [-0.39, 0.29) is 11.9 Å². The first-order valence-corrected chi connectivity index (χ1v) is 9.66. The number of amides is 1. The Labute approximate surface area is 154 Å². The fourth-order valence-corrected chi connectivity index (χ4v) is 4.07. The maximum absolute atomic E-state index is 12.9. The topological polar surface area (TPSA) is 54.3 Å². The molecule has 1 atom stereocenters. The molecular formula is C20H27N5O. The van der Waals surface area contributed by atoms with Crippen LogP contribution >= 0.6 is 0 Å². The van der Waals surface area contributed by atoms with E-state index in [0.717, 1.165) is 63.5 Å². The Balaban J connectivity index is 1.47. The zero-order valence-electron chi connectivity index (χ0n) is 15.5. The van der Waals surface area contributed by atoms with Crippen molar-refractivity contribution in [2.75, 3.05) is 26.7 Å². The molecule has 0 radical (unpaired) electrons. The summed E-state index contributed by atoms with van der Waals surface area (Å²) in [7, 11) is 2.15. The Morgan fingerprint density at radius 1 is 1.12 bits per heavy atom. The van der Waals surface area contributed by atoms with Gasteiger partial charge in [-0.25, -0.2) is 0 Å². The summed E-state index contributed by atoms with van der Waals surface area (Å²) >= 11 is 0. The summed E-state index contributed by atoms with van der Waals surface area (Å²) in [5, 5.41) is 8.93. The predicted molar refractivity (Wildman–Crippen MR) is 99.7 cm³/mol. The third kappa shape index (κ3) is 3.51. The minimum Gasteiger partial charge on any atom is -0.332 e. The Kier molecular flexibility index (Phi) is 5.02. The van der Waals surface area contributed by atoms with E-state index in [1.807, 2.05) is 23.1 Å². The van der Waals surface area contributed by atoms with Gasteiger partial charge in [-0.3, -0.25) is 4.79 Å². The zero-order valence-corrected chi connectivity index (χ0v) is 15.5. The molecule has 1 unspecified atom stereocenters. The highest BCUT2D eigenvalue weighted by molar-refractivity contribution is 5.77. The molecule has 1 aromatic heterocycles. The Morgan fingerprint density at radius 2 is 1.96 bits per heavy atom. The van der Waals surface area contributed by atoms with Gasteiger partial charge < -0.3 is 14.4 Å². The molecular weight excluding hydrogens is 326 g/mol. The molecule has 3 heterocycles. The third-order valence-corrected chi connectivity index (χ3v) is 5.62. The highest BCUT2D eigenvalue weighted by Crippen LogP contribution is 2.32. The lowest BCUT2D eigenvalue weighted by Crippen LogP contribution is -2.32. The predicted octanol–water partition coefficient (Wildman–Crippen LogP) is 2.06. The molecule has 138 valence electrons. The molecule has 2 aromatic rings. The van der Waals surface area contributed by atoms with Gasteiger partial charge >= 0.3 is 0 Å². The van der Waals surface area contributed by atoms with Crippen LogP contribution in [0.15, 0.2) is 30.3 Å². The molecule has 0 aliphatic carbocycles. The molecule has 1 amide bonds. The van der Waals surface area contributed by atoms with E-state index in [2.05, 4.69) is 38.8 Å². The highest BCUT2D eigenvalue weighted by Gasteiger charge is 2.34. The quantitative estimate of drug-likeness (QED) is 0.844. The van der Waals surface area contributed by atoms with E-state index in [1.165, 1.54) is 5.56 Å². The van der Waals surface area contributed by atoms with Gasteiger partial charge in [0.25, 0.3) is 0 Å². The van der Waals surface area contributed by atoms with Crippen molar-refractivity contribution in [2.24, 2.45) is 0 Å². The van der Waals surface area contributed by atoms with Crippen LogP contribution in [0.3, 0.4) is 0 Å². The van der Waals surface area contributed by atoms with E-state index in [4.69, 9.17) is 0 Å². The van der Waals surface area contributed by atoms with Gasteiger partial charge in [0.2, 0.25) is 5.91 Å². The number of hydrogen-bond donors (Lipinski definition) is 0. The lowest BCUT2D eigenvalue weighted by Gasteiger charge is -2.25. The molecule has 4 rings (SSSR count). The zero-order chi connectivity index (χ0) is 17.9. The SMILES string of the molecule is CN1CCc2nnc(C3CCCN3C(=O)CCc3ccccc3)n2CC1. The summed E-state index contributed by atoms with van der Waals surface area (Å²) in [6, 6.07) is 10.3. The van der Waals surface area contributed by atoms with Crippen molar-refractivity contribution in [3.63, 3.8) is 0 Å². The maximum atomic E-state index is 12.9. The van der Waals surface area contributed by atoms with Crippen LogP contribution in [0.25, 0.3) is 0 Å². The number of likely N-dealkylation sites (tertiary alicyclic amines) is 1. The fourth-order valence-electron chi connectivity index (χ4n) is 4.07. The van der Waals surface area contributed by atoms with Crippen molar-refractivity contribution in [3.8, 4) is 0 Å². The van der Waals surface area contributed by atoms with Crippen LogP contribution in [0, 0.1) is 0 Å². The average molecular weight is 353 g/mol. The first-order chi connectivity index (χ1) is 12.7. The van der Waals surface area contributed by atoms with Crippen LogP contribution in [-0.4, -0.2) is 57.2 Å². The van der Waals surface area contributed by atoms with Gasteiger partial charge in [0.15, 0.2) is 5.82 Å². The number of carbonyl (C=O) groups excluding carboxylic acids is 1. The molecule has 0 spiro atoms. The molecule has 6 heteroatoms. The molecule has 1 aromatic carbocycles. The van der Waals surface area contributed by atoms with Gasteiger partial charge in [0.1, 0.15) is 5.82 Å². The van der Waals surface area contributed by atoms with Crippen molar-refractivity contribution >= 4 is 5.91 Å². The van der Waals surface area contributed by atoms with Gasteiger partial charge in [0, 0.05) is 39.0 Å². The Bertz CT molecular complexity index is 757. The van der Waals surface area contributed by atoms with Gasteiger partial charge in [-0.15, -0.1) is 10.2 Å². The number of fused-ring (bicyclic) bond motifs is 1. The van der Waals surface area contributed by atoms with Crippen molar-refractivity contribution < 1.29 is 4.79 Å². The molecule has 1 saturated heterocycles. The van der Waals surface area contributed by atoms with Crippen LogP contribution < -0.4 is 0 Å². The minimum atomic E-state index is 0.0860. The number of likely N-dealkylation sites (N-methyl/N-ethyl adjacent to an activating group) is 1. The Hall–Kier alpha value is -2.21. The second-order valence-corrected chi connectivity index (χ2v) is 7.41. The number of benzene rings is 1. The summed E-state index contributed by atoms with van der Waals surface area (Å²) < 4.78 is 2.26. The first kappa shape index (κ1) is 17.2. The summed E-state index contributed by atoms with van der Waals surface area (Å²) in [5.74, 6) is 2.29. The summed E-state index contributed by atoms with van der Waals surface area (Å²) in [4.78, 5) is 17.2. The molecule has 2 aliphatic rings. The van der Waals surface area contributed by atoms with Crippen molar-refractivity contribution in [1.82, 2.24) is 24.6 Å². The molecule has 6 nitrogen and oxygen atoms in total. The third-order valence-electron chi connectivity index (χ3n) is 5.62. The second kappa shape index (κ2) is 7.58. The van der Waals surface area contributed by atoms with Crippen molar-refractivity contribution in [2.45, 2.75) is 44.7 Å². The average Bonchev–Trinajstić information content (AvgIpc) is 3.26. The van der Waals surface area contributed by atoms with Crippen LogP contribution in [0.1, 0.15) is 42.5 Å². The number of nitrogens with zero attached hydrogens (tertiary/aromatic N) is 5. The molecule has 0 bridgehead atoms. The largest absolute Gasteiger partial charge is 0.332 e. The molecule has 0 N–H and O–H groups in total. The van der Waals surface area contributed by atoms with Crippen LogP contribution in [0.4, 0.5) is 0 Å². The van der Waals surface area contributed by atoms with E-state index in [1.54, 1.807) is 0 Å². The highest BCUT2D eigenvalue weighted by atomic mass is 16.2. The van der Waals surface area contributed by atoms with Crippen LogP contribution in [0.2, 0.25) is 0 Å². The summed E-state index contributed by atoms with van der Waals surface area (Å²) in [6.07, 6.45) is 4.32. The normalized spacial score (nSPS) is 20.8. The second-order valence-electron chi connectivity index (χ2n) is 7.41. The van der Waals surface area contributed by atoms with Gasteiger partial charge in [-0.2, -0.15) is 0 Å². The monoisotopic (exact) mass is 353 g/mol. The van der Waals surface area contributed by atoms with Crippen LogP contribution in [-0.2, 0) is 24.2 Å². The van der Waals surface area contributed by atoms with E-state index in [9.17, 15) is 4.79 Å². The molecule has 0 saturated carbocycles. The molecule has 26 heavy (non-hydrogen) atoms. The standard InChI is InChI=1S/C20H27N5O/c1-23-13-11-18-21-22-20(25(18)15-14-23)17-8-5-12-24(17)19(26)10-9-16-6-3-2-4-7-16/h2-4,6-7,17H,5,8-15H2,1H3. The lowest BCUT2D eigenvalue weighted by molar-refractivity contribution is -0.132. The summed E-state index contributed by atoms with van der Waals surface area (Å²) in [5.41, 5.74) is 1.22. The minimum absolute atomic E-state index is 0.0860. The van der Waals surface area contributed by atoms with E-state index < -0.39 is 0 Å². The lowest BCUT2D eigenvalue weighted by atomic mass is 10.1. The first-order valence-electron chi connectivity index (χ1n) is 9.66. The van der Waals surface area contributed by atoms with Gasteiger partial charge in [-0.1, -0.05) is 30.3 Å². The van der Waals surface area contributed by atoms with E-state index >= 15 is 0 Å². The maximum Gasteiger partial charge on any atom is 0.223 e. The smallest absolute Gasteiger partial charge is 0.223 e. The number of rotatable bonds is 4. The number of hydrogen-bond acceptors (Lipinski definition) is 4. The van der Waals surface area contributed by atoms with Crippen molar-refractivity contribution in [3.05, 3.63) is 47.5 Å². The summed E-state index contributed by atoms with van der Waals surface area (Å²) in [6.45, 7) is 3.77. The number of aromatic nitrogens is 3. The Morgan fingerprint density at radius 3 is 2.81 bits per heavy atom. The molecule has 2 aliphatic heterocycles.